The van der Waals surface area contributed by atoms with Crippen LogP contribution in [0, 0.1) is 0 Å². The van der Waals surface area contributed by atoms with Gasteiger partial charge in [0.05, 0.1) is 7.11 Å². The van der Waals surface area contributed by atoms with Gasteiger partial charge in [0.1, 0.15) is 13.2 Å². The van der Waals surface area contributed by atoms with Crippen molar-refractivity contribution in [3.63, 3.8) is 0 Å². The van der Waals surface area contributed by atoms with Gasteiger partial charge in [0.15, 0.2) is 11.5 Å². The molecular weight excluding hydrogens is 238 g/mol. The molecule has 0 saturated carbocycles. The van der Waals surface area contributed by atoms with Gasteiger partial charge in [-0.1, -0.05) is 12.1 Å². The van der Waals surface area contributed by atoms with Crippen LogP contribution >= 0.6 is 0 Å². The summed E-state index contributed by atoms with van der Waals surface area (Å²) >= 11 is 0. The van der Waals surface area contributed by atoms with Gasteiger partial charge in [0.2, 0.25) is 12.2 Å². The Morgan fingerprint density at radius 1 is 1.50 bits per heavy atom. The van der Waals surface area contributed by atoms with Crippen LogP contribution < -0.4 is 14.8 Å². The summed E-state index contributed by atoms with van der Waals surface area (Å²) in [6.07, 6.45) is 0.625. The summed E-state index contributed by atoms with van der Waals surface area (Å²) in [6, 6.07) is 7.28. The number of carbonyl (C=O) groups is 1. The minimum atomic E-state index is -1.08. The minimum Gasteiger partial charge on any atom is -0.493 e. The SMILES string of the molecule is CNC=O.COc1ccccc1OCC1(O)CO1. The van der Waals surface area contributed by atoms with E-state index in [4.69, 9.17) is 19.0 Å². The first-order chi connectivity index (χ1) is 8.65. The van der Waals surface area contributed by atoms with E-state index in [0.717, 1.165) is 0 Å². The molecule has 100 valence electrons. The first-order valence-corrected chi connectivity index (χ1v) is 5.38. The van der Waals surface area contributed by atoms with E-state index in [2.05, 4.69) is 5.32 Å². The van der Waals surface area contributed by atoms with Gasteiger partial charge in [0, 0.05) is 7.05 Å². The molecule has 0 bridgehead atoms. The van der Waals surface area contributed by atoms with E-state index in [-0.39, 0.29) is 6.61 Å². The molecule has 2 N–H and O–H groups in total. The molecule has 0 aromatic heterocycles. The number of ether oxygens (including phenoxy) is 3. The Balaban J connectivity index is 0.000000357. The third-order valence-electron chi connectivity index (χ3n) is 2.12. The van der Waals surface area contributed by atoms with Crippen LogP contribution in [-0.2, 0) is 9.53 Å². The maximum Gasteiger partial charge on any atom is 0.225 e. The second-order valence-electron chi connectivity index (χ2n) is 3.58. The lowest BCUT2D eigenvalue weighted by molar-refractivity contribution is -0.109. The molecule has 1 amide bonds. The average Bonchev–Trinajstić information content (AvgIpc) is 3.15. The van der Waals surface area contributed by atoms with Gasteiger partial charge in [0.25, 0.3) is 0 Å². The molecule has 1 saturated heterocycles. The zero-order chi connectivity index (χ0) is 13.4. The molecule has 1 aromatic rings. The summed E-state index contributed by atoms with van der Waals surface area (Å²) in [5.41, 5.74) is 0. The van der Waals surface area contributed by atoms with Gasteiger partial charge in [-0.25, -0.2) is 0 Å². The number of methoxy groups -OCH3 is 1. The first kappa shape index (κ1) is 14.3. The molecule has 1 aliphatic rings. The van der Waals surface area contributed by atoms with Gasteiger partial charge < -0.3 is 24.6 Å². The van der Waals surface area contributed by atoms with Crippen LogP contribution in [0.25, 0.3) is 0 Å². The van der Waals surface area contributed by atoms with Gasteiger partial charge in [-0.3, -0.25) is 4.79 Å². The molecule has 1 aliphatic heterocycles. The molecule has 1 unspecified atom stereocenters. The maximum absolute atomic E-state index is 9.37. The lowest BCUT2D eigenvalue weighted by atomic mass is 10.3. The van der Waals surface area contributed by atoms with E-state index in [0.29, 0.717) is 24.5 Å². The quantitative estimate of drug-likeness (QED) is 0.578. The summed E-state index contributed by atoms with van der Waals surface area (Å²) < 4.78 is 15.2. The molecular formula is C12H17NO5. The van der Waals surface area contributed by atoms with Gasteiger partial charge in [-0.15, -0.1) is 0 Å². The number of benzene rings is 1. The highest BCUT2D eigenvalue weighted by Crippen LogP contribution is 2.29. The molecule has 1 atom stereocenters. The van der Waals surface area contributed by atoms with E-state index in [1.807, 2.05) is 12.1 Å². The van der Waals surface area contributed by atoms with Gasteiger partial charge in [-0.2, -0.15) is 0 Å². The monoisotopic (exact) mass is 255 g/mol. The number of hydrogen-bond donors (Lipinski definition) is 2. The molecule has 6 heteroatoms. The number of hydrogen-bond acceptors (Lipinski definition) is 5. The maximum atomic E-state index is 9.37. The van der Waals surface area contributed by atoms with Crippen LogP contribution in [0.1, 0.15) is 0 Å². The van der Waals surface area contributed by atoms with E-state index in [1.54, 1.807) is 26.3 Å². The van der Waals surface area contributed by atoms with Crippen LogP contribution in [0.2, 0.25) is 0 Å². The Labute approximate surface area is 105 Å². The fourth-order valence-corrected chi connectivity index (χ4v) is 1.10. The standard InChI is InChI=1S/C10H12O4.C2H5NO/c1-12-8-4-2-3-5-9(8)13-6-10(11)7-14-10;1-3-2-4/h2-5,11H,6-7H2,1H3;2H,1H3,(H,3,4). The molecule has 0 radical (unpaired) electrons. The minimum absolute atomic E-state index is 0.132. The Kier molecular flexibility index (Phi) is 5.41. The second-order valence-corrected chi connectivity index (χ2v) is 3.58. The van der Waals surface area contributed by atoms with Crippen molar-refractivity contribution in [3.05, 3.63) is 24.3 Å². The molecule has 0 spiro atoms. The van der Waals surface area contributed by atoms with E-state index in [9.17, 15) is 5.11 Å². The number of carbonyl (C=O) groups excluding carboxylic acids is 1. The molecule has 6 nitrogen and oxygen atoms in total. The summed E-state index contributed by atoms with van der Waals surface area (Å²) in [6.45, 7) is 0.468. The van der Waals surface area contributed by atoms with Crippen molar-refractivity contribution in [2.75, 3.05) is 27.4 Å². The molecule has 18 heavy (non-hydrogen) atoms. The number of aliphatic hydroxyl groups is 1. The summed E-state index contributed by atoms with van der Waals surface area (Å²) in [7, 11) is 3.14. The van der Waals surface area contributed by atoms with Crippen molar-refractivity contribution >= 4 is 6.41 Å². The Bertz CT molecular complexity index is 378. The average molecular weight is 255 g/mol. The summed E-state index contributed by atoms with van der Waals surface area (Å²) in [5, 5.41) is 11.6. The highest BCUT2D eigenvalue weighted by molar-refractivity contribution is 5.44. The van der Waals surface area contributed by atoms with Crippen molar-refractivity contribution in [2.24, 2.45) is 0 Å². The first-order valence-electron chi connectivity index (χ1n) is 5.38. The van der Waals surface area contributed by atoms with E-state index >= 15 is 0 Å². The Morgan fingerprint density at radius 2 is 2.06 bits per heavy atom. The van der Waals surface area contributed by atoms with Crippen molar-refractivity contribution in [1.82, 2.24) is 5.32 Å². The van der Waals surface area contributed by atoms with Gasteiger partial charge in [-0.05, 0) is 12.1 Å². The lowest BCUT2D eigenvalue weighted by Gasteiger charge is -2.11. The summed E-state index contributed by atoms with van der Waals surface area (Å²) in [5.74, 6) is 0.177. The van der Waals surface area contributed by atoms with Gasteiger partial charge >= 0.3 is 0 Å². The third kappa shape index (κ3) is 4.60. The zero-order valence-corrected chi connectivity index (χ0v) is 10.4. The highest BCUT2D eigenvalue weighted by Gasteiger charge is 2.43. The van der Waals surface area contributed by atoms with Crippen molar-refractivity contribution in [3.8, 4) is 11.5 Å². The smallest absolute Gasteiger partial charge is 0.225 e. The number of amides is 1. The fraction of sp³-hybridized carbons (Fsp3) is 0.417. The van der Waals surface area contributed by atoms with Crippen molar-refractivity contribution in [2.45, 2.75) is 5.79 Å². The fourth-order valence-electron chi connectivity index (χ4n) is 1.10. The zero-order valence-electron chi connectivity index (χ0n) is 10.4. The number of rotatable bonds is 5. The van der Waals surface area contributed by atoms with Crippen LogP contribution in [0.3, 0.4) is 0 Å². The van der Waals surface area contributed by atoms with Crippen molar-refractivity contribution in [1.29, 1.82) is 0 Å². The van der Waals surface area contributed by atoms with Crippen molar-refractivity contribution < 1.29 is 24.1 Å². The van der Waals surface area contributed by atoms with E-state index < -0.39 is 5.79 Å². The van der Waals surface area contributed by atoms with E-state index in [1.165, 1.54) is 0 Å². The largest absolute Gasteiger partial charge is 0.493 e. The number of epoxide rings is 1. The van der Waals surface area contributed by atoms with Crippen LogP contribution in [0.15, 0.2) is 24.3 Å². The van der Waals surface area contributed by atoms with Crippen LogP contribution in [0.4, 0.5) is 0 Å². The second kappa shape index (κ2) is 6.83. The predicted octanol–water partition coefficient (Wildman–Crippen LogP) is 0.155. The molecule has 2 rings (SSSR count). The third-order valence-corrected chi connectivity index (χ3v) is 2.12. The summed E-state index contributed by atoms with van der Waals surface area (Å²) in [4.78, 5) is 9.06. The molecule has 1 fully saturated rings. The predicted molar refractivity (Wildman–Crippen MR) is 64.5 cm³/mol. The molecule has 1 heterocycles. The normalized spacial score (nSPS) is 20.2. The molecule has 0 aliphatic carbocycles. The number of para-hydroxylation sites is 2. The topological polar surface area (TPSA) is 80.3 Å². The number of nitrogens with one attached hydrogen (secondary N) is 1. The Hall–Kier alpha value is -1.79. The molecule has 1 aromatic carbocycles. The highest BCUT2D eigenvalue weighted by atomic mass is 16.7. The lowest BCUT2D eigenvalue weighted by Crippen LogP contribution is -2.20. The van der Waals surface area contributed by atoms with Crippen LogP contribution in [-0.4, -0.2) is 44.7 Å². The Morgan fingerprint density at radius 3 is 2.50 bits per heavy atom. The van der Waals surface area contributed by atoms with Crippen LogP contribution in [0.5, 0.6) is 11.5 Å².